The van der Waals surface area contributed by atoms with E-state index in [2.05, 4.69) is 4.57 Å². The quantitative estimate of drug-likeness (QED) is 0.0360. The molecular weight excluding hydrogens is 701 g/mol. The van der Waals surface area contributed by atoms with Crippen molar-refractivity contribution in [3.63, 3.8) is 0 Å². The number of hydrogen-bond acceptors (Lipinski definition) is 10. The molecule has 16 heteroatoms. The van der Waals surface area contributed by atoms with Crippen LogP contribution in [-0.2, 0) is 42.9 Å². The molecule has 3 aromatic rings. The Labute approximate surface area is 297 Å². The van der Waals surface area contributed by atoms with Crippen LogP contribution >= 0.6 is 0 Å². The number of unbranched alkanes of at least 4 members (excludes halogenated alkanes) is 2. The predicted molar refractivity (Wildman–Crippen MR) is 194 cm³/mol. The van der Waals surface area contributed by atoms with Crippen molar-refractivity contribution in [2.75, 3.05) is 41.0 Å². The number of ketones is 1. The van der Waals surface area contributed by atoms with Gasteiger partial charge in [0.2, 0.25) is 0 Å². The van der Waals surface area contributed by atoms with Gasteiger partial charge in [0.25, 0.3) is 26.1 Å². The first kappa shape index (κ1) is 39.2. The number of allylic oxidation sites excluding steroid dienone is 3. The molecule has 1 aromatic heterocycles. The lowest BCUT2D eigenvalue weighted by molar-refractivity contribution is -0.670. The van der Waals surface area contributed by atoms with Gasteiger partial charge in [0.15, 0.2) is 16.8 Å². The third kappa shape index (κ3) is 9.80. The molecule has 51 heavy (non-hydrogen) atoms. The number of benzene rings is 2. The number of anilines is 2. The Balaban J connectivity index is 1.80. The highest BCUT2D eigenvalue weighted by molar-refractivity contribution is 7.86. The van der Waals surface area contributed by atoms with Gasteiger partial charge in [0.1, 0.15) is 11.8 Å². The molecule has 0 radical (unpaired) electrons. The van der Waals surface area contributed by atoms with Crippen LogP contribution in [0.2, 0.25) is 0 Å². The van der Waals surface area contributed by atoms with E-state index in [0.717, 1.165) is 34.4 Å². The number of carbonyl (C=O) groups is 2. The Morgan fingerprint density at radius 3 is 2.14 bits per heavy atom. The minimum atomic E-state index is -4.14. The third-order valence-electron chi connectivity index (χ3n) is 8.40. The average Bonchev–Trinajstić information content (AvgIpc) is 3.54. The van der Waals surface area contributed by atoms with Crippen LogP contribution in [0.3, 0.4) is 0 Å². The molecule has 0 fully saturated rings. The minimum absolute atomic E-state index is 0.203. The van der Waals surface area contributed by atoms with Crippen LogP contribution in [0, 0.1) is 0 Å². The van der Waals surface area contributed by atoms with Crippen molar-refractivity contribution in [2.24, 2.45) is 0 Å². The number of aryl methyl sites for hydroxylation is 2. The van der Waals surface area contributed by atoms with Gasteiger partial charge in [-0.1, -0.05) is 6.08 Å². The number of imidazole rings is 1. The molecule has 2 N–H and O–H groups in total. The largest absolute Gasteiger partial charge is 0.462 e. The van der Waals surface area contributed by atoms with E-state index in [1.165, 1.54) is 5.94 Å². The molecule has 14 nitrogen and oxygen atoms in total. The average molecular weight is 744 g/mol. The van der Waals surface area contributed by atoms with Crippen LogP contribution in [0.4, 0.5) is 11.4 Å². The monoisotopic (exact) mass is 743 g/mol. The van der Waals surface area contributed by atoms with Gasteiger partial charge in [-0.05, 0) is 82.9 Å². The maximum absolute atomic E-state index is 12.6. The Kier molecular flexibility index (Phi) is 13.1. The lowest BCUT2D eigenvalue weighted by Crippen LogP contribution is -2.35. The van der Waals surface area contributed by atoms with E-state index in [9.17, 15) is 40.3 Å². The summed E-state index contributed by atoms with van der Waals surface area (Å²) in [5, 5.41) is 0. The summed E-state index contributed by atoms with van der Waals surface area (Å²) in [5.41, 5.74) is 3.75. The second-order valence-electron chi connectivity index (χ2n) is 11.8. The number of carbonyl (C=O) groups excluding carboxylic acids is 3. The van der Waals surface area contributed by atoms with E-state index in [-0.39, 0.29) is 30.8 Å². The van der Waals surface area contributed by atoms with E-state index in [1.807, 2.05) is 52.5 Å². The third-order valence-corrected chi connectivity index (χ3v) is 10.0. The zero-order chi connectivity index (χ0) is 37.3. The molecule has 1 aliphatic heterocycles. The van der Waals surface area contributed by atoms with Gasteiger partial charge < -0.3 is 14.5 Å². The van der Waals surface area contributed by atoms with E-state index >= 15 is 0 Å². The number of aromatic nitrogens is 2. The summed E-state index contributed by atoms with van der Waals surface area (Å²) >= 11 is 0. The van der Waals surface area contributed by atoms with Gasteiger partial charge in [-0.3, -0.25) is 13.9 Å². The van der Waals surface area contributed by atoms with E-state index in [4.69, 9.17) is 4.74 Å². The van der Waals surface area contributed by atoms with Crippen LogP contribution in [0.5, 0.6) is 0 Å². The summed E-state index contributed by atoms with van der Waals surface area (Å²) in [6.07, 6.45) is 7.73. The molecule has 0 bridgehead atoms. The van der Waals surface area contributed by atoms with Crippen molar-refractivity contribution < 1.29 is 49.6 Å². The maximum atomic E-state index is 12.6. The molecule has 2 heterocycles. The fourth-order valence-electron chi connectivity index (χ4n) is 6.18. The fourth-order valence-corrected chi connectivity index (χ4v) is 7.31. The second-order valence-corrected chi connectivity index (χ2v) is 14.9. The van der Waals surface area contributed by atoms with Crippen molar-refractivity contribution >= 4 is 66.4 Å². The Bertz CT molecular complexity index is 2110. The van der Waals surface area contributed by atoms with Crippen molar-refractivity contribution in [1.82, 2.24) is 4.57 Å². The van der Waals surface area contributed by atoms with E-state index in [0.29, 0.717) is 50.3 Å². The molecule has 0 aliphatic carbocycles. The molecule has 1 aliphatic rings. The van der Waals surface area contributed by atoms with Crippen molar-refractivity contribution in [2.45, 2.75) is 59.5 Å². The fraction of sp³-hybridized carbons (Fsp3) is 0.400. The lowest BCUT2D eigenvalue weighted by atomic mass is 10.1. The minimum Gasteiger partial charge on any atom is -0.462 e. The van der Waals surface area contributed by atoms with E-state index in [1.54, 1.807) is 37.3 Å². The first-order valence-corrected chi connectivity index (χ1v) is 19.9. The van der Waals surface area contributed by atoms with Gasteiger partial charge >= 0.3 is 5.97 Å². The maximum Gasteiger partial charge on any atom is 0.338 e. The zero-order valence-electron chi connectivity index (χ0n) is 28.8. The Morgan fingerprint density at radius 2 is 1.53 bits per heavy atom. The number of fused-ring (bicyclic) bond motifs is 2. The summed E-state index contributed by atoms with van der Waals surface area (Å²) in [5.74, 6) is 1.30. The first-order chi connectivity index (χ1) is 24.2. The highest BCUT2D eigenvalue weighted by Crippen LogP contribution is 2.42. The first-order valence-electron chi connectivity index (χ1n) is 16.7. The molecule has 0 amide bonds. The standard InChI is InChI=1S/C35H42N4O10S2/c1-4-36-28-16-14-26(32(41)18-21-40)24-30(28)38(19-7-9-22-50(43,44)45)33(36)12-11-13-34-37(5-2)29-17-15-27(35(42)49-6-3)25-31(29)39(34)20-8-10-23-51(46,47)48/h11-18,24-25H,4-10,19-20,22-23H2,1-3H3,(H-,43,44,45,46,47,48)/p+1. The highest BCUT2D eigenvalue weighted by Gasteiger charge is 2.31. The van der Waals surface area contributed by atoms with Gasteiger partial charge in [-0.15, -0.1) is 0 Å². The molecule has 0 spiro atoms. The van der Waals surface area contributed by atoms with Gasteiger partial charge in [-0.25, -0.2) is 18.7 Å². The second kappa shape index (κ2) is 17.1. The normalized spacial score (nSPS) is 14.0. The molecule has 2 aromatic carbocycles. The summed E-state index contributed by atoms with van der Waals surface area (Å²) in [7, 11) is -8.27. The van der Waals surface area contributed by atoms with Crippen molar-refractivity contribution in [1.29, 1.82) is 0 Å². The van der Waals surface area contributed by atoms with E-state index < -0.39 is 37.7 Å². The summed E-state index contributed by atoms with van der Waals surface area (Å²) in [4.78, 5) is 40.0. The molecular formula is C35H43N4O10S2+. The summed E-state index contributed by atoms with van der Waals surface area (Å²) < 4.78 is 73.3. The Hall–Kier alpha value is -4.60. The SMILES string of the molecule is CCOC(=O)c1ccc2c(c1)n(CCCCS(=O)(=O)O)c(C=CC=C1N(CC)c3ccc(C(=O)C=C=O)cc3N1CCCCS(=O)(=O)O)[n+]2CC. The number of rotatable bonds is 18. The van der Waals surface area contributed by atoms with Crippen molar-refractivity contribution in [3.8, 4) is 0 Å². The molecule has 274 valence electrons. The zero-order valence-corrected chi connectivity index (χ0v) is 30.5. The topological polar surface area (TPSA) is 184 Å². The van der Waals surface area contributed by atoms with Crippen molar-refractivity contribution in [3.05, 3.63) is 77.4 Å². The predicted octanol–water partition coefficient (Wildman–Crippen LogP) is 4.23. The number of ether oxygens (including phenoxy) is 1. The smallest absolute Gasteiger partial charge is 0.338 e. The van der Waals surface area contributed by atoms with Gasteiger partial charge in [-0.2, -0.15) is 16.8 Å². The molecule has 0 unspecified atom stereocenters. The number of nitrogens with zero attached hydrogens (tertiary/aromatic N) is 4. The summed E-state index contributed by atoms with van der Waals surface area (Å²) in [6, 6.07) is 10.4. The highest BCUT2D eigenvalue weighted by atomic mass is 32.2. The van der Waals surface area contributed by atoms with Crippen LogP contribution < -0.4 is 14.4 Å². The number of hydrogen-bond donors (Lipinski definition) is 2. The van der Waals surface area contributed by atoms with Gasteiger partial charge in [0.05, 0.1) is 54.2 Å². The number of esters is 1. The lowest BCUT2D eigenvalue weighted by Gasteiger charge is -2.24. The van der Waals surface area contributed by atoms with Crippen LogP contribution in [0.1, 0.15) is 73.0 Å². The molecule has 4 rings (SSSR count). The Morgan fingerprint density at radius 1 is 0.863 bits per heavy atom. The van der Waals surface area contributed by atoms with Crippen LogP contribution in [0.15, 0.2) is 60.4 Å². The van der Waals surface area contributed by atoms with Crippen LogP contribution in [-0.4, -0.2) is 79.4 Å². The molecule has 0 atom stereocenters. The van der Waals surface area contributed by atoms with Crippen LogP contribution in [0.25, 0.3) is 17.1 Å². The molecule has 0 saturated heterocycles. The molecule has 0 saturated carbocycles. The summed E-state index contributed by atoms with van der Waals surface area (Å²) in [6.45, 7) is 7.76. The van der Waals surface area contributed by atoms with Gasteiger partial charge in [0, 0.05) is 30.8 Å².